The number of rotatable bonds is 4. The molecule has 0 radical (unpaired) electrons. The van der Waals surface area contributed by atoms with Crippen molar-refractivity contribution in [3.8, 4) is 0 Å². The van der Waals surface area contributed by atoms with Gasteiger partial charge in [-0.2, -0.15) is 0 Å². The first-order valence-corrected chi connectivity index (χ1v) is 7.19. The zero-order valence-electron chi connectivity index (χ0n) is 11.6. The van der Waals surface area contributed by atoms with Crippen molar-refractivity contribution in [2.75, 3.05) is 5.73 Å². The van der Waals surface area contributed by atoms with Gasteiger partial charge in [0.1, 0.15) is 6.10 Å². The molecule has 0 aromatic heterocycles. The summed E-state index contributed by atoms with van der Waals surface area (Å²) in [7, 11) is 0. The van der Waals surface area contributed by atoms with Crippen LogP contribution >= 0.6 is 0 Å². The Labute approximate surface area is 115 Å². The molecule has 104 valence electrons. The summed E-state index contributed by atoms with van der Waals surface area (Å²) in [4.78, 5) is 11.9. The van der Waals surface area contributed by atoms with Crippen LogP contribution in [0, 0.1) is 5.92 Å². The molecule has 2 rings (SSSR count). The summed E-state index contributed by atoms with van der Waals surface area (Å²) in [6.07, 6.45) is 5.95. The summed E-state index contributed by atoms with van der Waals surface area (Å²) in [6.45, 7) is 2.18. The van der Waals surface area contributed by atoms with E-state index in [1.807, 2.05) is 24.3 Å². The summed E-state index contributed by atoms with van der Waals surface area (Å²) in [5.74, 6) is 0.435. The van der Waals surface area contributed by atoms with Crippen LogP contribution in [0.2, 0.25) is 0 Å². The Kier molecular flexibility index (Phi) is 4.83. The maximum absolute atomic E-state index is 11.9. The summed E-state index contributed by atoms with van der Waals surface area (Å²) in [5.41, 5.74) is 7.51. The fourth-order valence-electron chi connectivity index (χ4n) is 2.62. The number of carbonyl (C=O) groups is 1. The van der Waals surface area contributed by atoms with Crippen molar-refractivity contribution in [2.45, 2.75) is 51.6 Å². The lowest BCUT2D eigenvalue weighted by atomic mass is 9.88. The van der Waals surface area contributed by atoms with Crippen LogP contribution in [0.5, 0.6) is 0 Å². The van der Waals surface area contributed by atoms with Crippen molar-refractivity contribution in [1.82, 2.24) is 0 Å². The molecule has 0 bridgehead atoms. The van der Waals surface area contributed by atoms with Crippen molar-refractivity contribution >= 4 is 11.7 Å². The summed E-state index contributed by atoms with van der Waals surface area (Å²) in [6, 6.07) is 7.66. The van der Waals surface area contributed by atoms with E-state index >= 15 is 0 Å². The van der Waals surface area contributed by atoms with Crippen molar-refractivity contribution in [3.05, 3.63) is 29.8 Å². The number of carbonyl (C=O) groups excluding carboxylic acids is 1. The van der Waals surface area contributed by atoms with Crippen molar-refractivity contribution in [1.29, 1.82) is 0 Å². The third-order valence-corrected chi connectivity index (χ3v) is 3.91. The first-order valence-electron chi connectivity index (χ1n) is 7.19. The molecule has 0 aliphatic heterocycles. The second kappa shape index (κ2) is 6.60. The monoisotopic (exact) mass is 261 g/mol. The summed E-state index contributed by atoms with van der Waals surface area (Å²) >= 11 is 0. The SMILES string of the molecule is CC1CCCCC1OC(=O)CCc1ccc(N)cc1. The number of nitrogens with two attached hydrogens (primary N) is 1. The van der Waals surface area contributed by atoms with E-state index in [1.165, 1.54) is 19.3 Å². The van der Waals surface area contributed by atoms with E-state index in [2.05, 4.69) is 6.92 Å². The van der Waals surface area contributed by atoms with Gasteiger partial charge in [0.05, 0.1) is 0 Å². The third-order valence-electron chi connectivity index (χ3n) is 3.91. The number of aryl methyl sites for hydroxylation is 1. The minimum Gasteiger partial charge on any atom is -0.462 e. The van der Waals surface area contributed by atoms with Crippen LogP contribution in [0.4, 0.5) is 5.69 Å². The Morgan fingerprint density at radius 3 is 2.63 bits per heavy atom. The van der Waals surface area contributed by atoms with Gasteiger partial charge in [-0.05, 0) is 49.3 Å². The van der Waals surface area contributed by atoms with Gasteiger partial charge >= 0.3 is 5.97 Å². The van der Waals surface area contributed by atoms with E-state index in [-0.39, 0.29) is 12.1 Å². The van der Waals surface area contributed by atoms with E-state index in [0.717, 1.165) is 24.1 Å². The first kappa shape index (κ1) is 13.9. The summed E-state index contributed by atoms with van der Waals surface area (Å²) in [5, 5.41) is 0. The Hall–Kier alpha value is -1.51. The van der Waals surface area contributed by atoms with E-state index in [0.29, 0.717) is 12.3 Å². The third kappa shape index (κ3) is 4.27. The van der Waals surface area contributed by atoms with Crippen molar-refractivity contribution in [2.24, 2.45) is 5.92 Å². The smallest absolute Gasteiger partial charge is 0.306 e. The Morgan fingerprint density at radius 1 is 1.26 bits per heavy atom. The molecule has 3 heteroatoms. The van der Waals surface area contributed by atoms with Gasteiger partial charge in [0.2, 0.25) is 0 Å². The highest BCUT2D eigenvalue weighted by molar-refractivity contribution is 5.70. The number of nitrogen functional groups attached to an aromatic ring is 1. The largest absolute Gasteiger partial charge is 0.462 e. The number of benzene rings is 1. The normalized spacial score (nSPS) is 23.0. The lowest BCUT2D eigenvalue weighted by Crippen LogP contribution is -2.28. The van der Waals surface area contributed by atoms with E-state index in [9.17, 15) is 4.79 Å². The lowest BCUT2D eigenvalue weighted by Gasteiger charge is -2.28. The fraction of sp³-hybridized carbons (Fsp3) is 0.562. The van der Waals surface area contributed by atoms with E-state index < -0.39 is 0 Å². The van der Waals surface area contributed by atoms with Crippen LogP contribution in [0.1, 0.15) is 44.6 Å². The van der Waals surface area contributed by atoms with Gasteiger partial charge in [-0.1, -0.05) is 25.5 Å². The van der Waals surface area contributed by atoms with Crippen LogP contribution in [-0.4, -0.2) is 12.1 Å². The second-order valence-corrected chi connectivity index (χ2v) is 5.53. The molecule has 2 atom stereocenters. The van der Waals surface area contributed by atoms with Crippen molar-refractivity contribution < 1.29 is 9.53 Å². The van der Waals surface area contributed by atoms with Crippen molar-refractivity contribution in [3.63, 3.8) is 0 Å². The minimum atomic E-state index is -0.0735. The number of hydrogen-bond donors (Lipinski definition) is 1. The average molecular weight is 261 g/mol. The Morgan fingerprint density at radius 2 is 1.95 bits per heavy atom. The highest BCUT2D eigenvalue weighted by Gasteiger charge is 2.24. The molecule has 3 nitrogen and oxygen atoms in total. The first-order chi connectivity index (χ1) is 9.15. The zero-order chi connectivity index (χ0) is 13.7. The molecule has 1 aromatic carbocycles. The maximum atomic E-state index is 11.9. The van der Waals surface area contributed by atoms with Crippen LogP contribution < -0.4 is 5.73 Å². The molecule has 1 aliphatic rings. The predicted octanol–water partition coefficient (Wildman–Crippen LogP) is 3.32. The second-order valence-electron chi connectivity index (χ2n) is 5.53. The molecule has 1 saturated carbocycles. The fourth-order valence-corrected chi connectivity index (χ4v) is 2.62. The number of hydrogen-bond acceptors (Lipinski definition) is 3. The van der Waals surface area contributed by atoms with Crippen LogP contribution in [0.25, 0.3) is 0 Å². The molecular weight excluding hydrogens is 238 g/mol. The number of anilines is 1. The zero-order valence-corrected chi connectivity index (χ0v) is 11.6. The van der Waals surface area contributed by atoms with Gasteiger partial charge in [-0.15, -0.1) is 0 Å². The molecule has 1 fully saturated rings. The van der Waals surface area contributed by atoms with Crippen LogP contribution in [-0.2, 0) is 16.0 Å². The van der Waals surface area contributed by atoms with Crippen LogP contribution in [0.3, 0.4) is 0 Å². The average Bonchev–Trinajstić information content (AvgIpc) is 2.41. The molecule has 2 unspecified atom stereocenters. The standard InChI is InChI=1S/C16H23NO2/c1-12-4-2-3-5-15(12)19-16(18)11-8-13-6-9-14(17)10-7-13/h6-7,9-10,12,15H,2-5,8,11,17H2,1H3. The highest BCUT2D eigenvalue weighted by Crippen LogP contribution is 2.26. The maximum Gasteiger partial charge on any atom is 0.306 e. The Balaban J connectivity index is 1.76. The van der Waals surface area contributed by atoms with Gasteiger partial charge in [-0.3, -0.25) is 4.79 Å². The molecule has 19 heavy (non-hydrogen) atoms. The van der Waals surface area contributed by atoms with Crippen LogP contribution in [0.15, 0.2) is 24.3 Å². The molecule has 1 aliphatic carbocycles. The van der Waals surface area contributed by atoms with Gasteiger partial charge < -0.3 is 10.5 Å². The quantitative estimate of drug-likeness (QED) is 0.668. The molecular formula is C16H23NO2. The molecule has 0 spiro atoms. The number of ether oxygens (including phenoxy) is 1. The molecule has 2 N–H and O–H groups in total. The van der Waals surface area contributed by atoms with E-state index in [1.54, 1.807) is 0 Å². The lowest BCUT2D eigenvalue weighted by molar-refractivity contribution is -0.153. The molecule has 0 amide bonds. The molecule has 0 saturated heterocycles. The Bertz CT molecular complexity index is 413. The number of esters is 1. The van der Waals surface area contributed by atoms with Gasteiger partial charge in [0.15, 0.2) is 0 Å². The molecule has 1 aromatic rings. The summed E-state index contributed by atoms with van der Waals surface area (Å²) < 4.78 is 5.59. The van der Waals surface area contributed by atoms with Gasteiger partial charge in [-0.25, -0.2) is 0 Å². The predicted molar refractivity (Wildman–Crippen MR) is 76.7 cm³/mol. The van der Waals surface area contributed by atoms with E-state index in [4.69, 9.17) is 10.5 Å². The minimum absolute atomic E-state index is 0.0735. The highest BCUT2D eigenvalue weighted by atomic mass is 16.5. The molecule has 0 heterocycles. The van der Waals surface area contributed by atoms with Gasteiger partial charge in [0, 0.05) is 12.1 Å². The van der Waals surface area contributed by atoms with Gasteiger partial charge in [0.25, 0.3) is 0 Å². The topological polar surface area (TPSA) is 52.3 Å².